The first kappa shape index (κ1) is 15.2. The summed E-state index contributed by atoms with van der Waals surface area (Å²) in [4.78, 5) is 22.4. The van der Waals surface area contributed by atoms with Crippen LogP contribution < -0.4 is 10.6 Å². The van der Waals surface area contributed by atoms with Gasteiger partial charge in [0.25, 0.3) is 5.91 Å². The largest absolute Gasteiger partial charge is 0.491 e. The Balaban J connectivity index is 3.77. The first-order chi connectivity index (χ1) is 8.11. The first-order valence-corrected chi connectivity index (χ1v) is 5.56. The van der Waals surface area contributed by atoms with Gasteiger partial charge in [-0.15, -0.1) is 0 Å². The molecule has 0 aromatic rings. The van der Waals surface area contributed by atoms with E-state index in [0.717, 1.165) is 6.42 Å². The van der Waals surface area contributed by atoms with Crippen molar-refractivity contribution in [1.29, 1.82) is 0 Å². The molecule has 96 valence electrons. The summed E-state index contributed by atoms with van der Waals surface area (Å²) in [7, 11) is 1.52. The minimum absolute atomic E-state index is 0.0994. The predicted molar refractivity (Wildman–Crippen MR) is 66.2 cm³/mol. The van der Waals surface area contributed by atoms with Crippen LogP contribution >= 0.6 is 0 Å². The summed E-state index contributed by atoms with van der Waals surface area (Å²) in [6.07, 6.45) is 7.91. The Morgan fingerprint density at radius 2 is 2.06 bits per heavy atom. The molecule has 2 N–H and O–H groups in total. The third-order valence-electron chi connectivity index (χ3n) is 1.89. The van der Waals surface area contributed by atoms with E-state index >= 15 is 0 Å². The van der Waals surface area contributed by atoms with Gasteiger partial charge in [-0.05, 0) is 19.4 Å². The Morgan fingerprint density at radius 3 is 2.65 bits per heavy atom. The number of carbonyl (C=O) groups is 2. The quantitative estimate of drug-likeness (QED) is 0.509. The molecule has 1 atom stereocenters. The molecule has 0 saturated carbocycles. The lowest BCUT2D eigenvalue weighted by Crippen LogP contribution is -2.44. The molecular formula is C12H20N2O3. The van der Waals surface area contributed by atoms with Gasteiger partial charge in [0.1, 0.15) is 6.04 Å². The van der Waals surface area contributed by atoms with Gasteiger partial charge >= 0.3 is 0 Å². The molecule has 5 nitrogen and oxygen atoms in total. The van der Waals surface area contributed by atoms with E-state index in [1.165, 1.54) is 13.3 Å². The van der Waals surface area contributed by atoms with E-state index in [0.29, 0.717) is 0 Å². The summed E-state index contributed by atoms with van der Waals surface area (Å²) in [6.45, 7) is 3.53. The van der Waals surface area contributed by atoms with Gasteiger partial charge in [0.05, 0.1) is 6.26 Å². The molecule has 0 radical (unpaired) electrons. The van der Waals surface area contributed by atoms with E-state index in [-0.39, 0.29) is 18.4 Å². The Kier molecular flexibility index (Phi) is 8.46. The molecule has 0 unspecified atom stereocenters. The number of allylic oxidation sites excluding steroid dienone is 3. The standard InChI is InChI=1S/C12H20N2O3/c1-4-5-6-7-8-17-9-11(15)14-10(2)12(16)13-3/h5-8,10H,4,9H2,1-3H3,(H,13,16)(H,14,15)/b6-5-,8-7+/t10-/m0/s1. The Bertz CT molecular complexity index is 298. The zero-order valence-electron chi connectivity index (χ0n) is 10.5. The van der Waals surface area contributed by atoms with E-state index in [1.807, 2.05) is 19.1 Å². The van der Waals surface area contributed by atoms with Crippen molar-refractivity contribution in [3.05, 3.63) is 24.5 Å². The highest BCUT2D eigenvalue weighted by Gasteiger charge is 2.13. The average molecular weight is 240 g/mol. The zero-order valence-corrected chi connectivity index (χ0v) is 10.5. The fourth-order valence-electron chi connectivity index (χ4n) is 1.00. The van der Waals surface area contributed by atoms with Gasteiger partial charge < -0.3 is 15.4 Å². The third kappa shape index (κ3) is 8.07. The monoisotopic (exact) mass is 240 g/mol. The van der Waals surface area contributed by atoms with Crippen molar-refractivity contribution in [3.8, 4) is 0 Å². The van der Waals surface area contributed by atoms with Gasteiger partial charge in [-0.3, -0.25) is 9.59 Å². The topological polar surface area (TPSA) is 67.4 Å². The Hall–Kier alpha value is -1.78. The Labute approximate surface area is 102 Å². The smallest absolute Gasteiger partial charge is 0.258 e. The fraction of sp³-hybridized carbons (Fsp3) is 0.500. The molecule has 0 fully saturated rings. The second-order valence-corrected chi connectivity index (χ2v) is 3.38. The van der Waals surface area contributed by atoms with Crippen molar-refractivity contribution in [2.75, 3.05) is 13.7 Å². The minimum atomic E-state index is -0.555. The summed E-state index contributed by atoms with van der Waals surface area (Å²) in [5, 5.41) is 4.95. The van der Waals surface area contributed by atoms with Crippen LogP contribution in [0, 0.1) is 0 Å². The molecule has 0 aliphatic carbocycles. The summed E-state index contributed by atoms with van der Waals surface area (Å²) in [5.41, 5.74) is 0. The number of hydrogen-bond donors (Lipinski definition) is 2. The maximum Gasteiger partial charge on any atom is 0.258 e. The molecule has 0 saturated heterocycles. The number of amides is 2. The van der Waals surface area contributed by atoms with Crippen molar-refractivity contribution >= 4 is 11.8 Å². The molecule has 0 aliphatic rings. The number of carbonyl (C=O) groups excluding carboxylic acids is 2. The van der Waals surface area contributed by atoms with Crippen molar-refractivity contribution in [1.82, 2.24) is 10.6 Å². The van der Waals surface area contributed by atoms with Crippen LogP contribution in [0.4, 0.5) is 0 Å². The van der Waals surface area contributed by atoms with Gasteiger partial charge in [0.15, 0.2) is 6.61 Å². The highest BCUT2D eigenvalue weighted by molar-refractivity contribution is 5.87. The predicted octanol–water partition coefficient (Wildman–Crippen LogP) is 0.734. The zero-order chi connectivity index (χ0) is 13.1. The normalized spacial score (nSPS) is 12.6. The van der Waals surface area contributed by atoms with E-state index in [9.17, 15) is 9.59 Å². The molecule has 0 rings (SSSR count). The minimum Gasteiger partial charge on any atom is -0.491 e. The Morgan fingerprint density at radius 1 is 1.35 bits per heavy atom. The SMILES string of the molecule is CC/C=C\C=C\OCC(=O)N[C@@H](C)C(=O)NC. The molecule has 0 spiro atoms. The second kappa shape index (κ2) is 9.45. The van der Waals surface area contributed by atoms with Gasteiger partial charge in [-0.1, -0.05) is 19.1 Å². The lowest BCUT2D eigenvalue weighted by molar-refractivity contribution is -0.129. The van der Waals surface area contributed by atoms with Crippen molar-refractivity contribution < 1.29 is 14.3 Å². The number of rotatable bonds is 7. The maximum absolute atomic E-state index is 11.3. The summed E-state index contributed by atoms with van der Waals surface area (Å²) >= 11 is 0. The van der Waals surface area contributed by atoms with E-state index in [1.54, 1.807) is 13.0 Å². The van der Waals surface area contributed by atoms with Crippen LogP contribution in [-0.2, 0) is 14.3 Å². The van der Waals surface area contributed by atoms with Crippen LogP contribution in [0.3, 0.4) is 0 Å². The van der Waals surface area contributed by atoms with Gasteiger partial charge in [-0.2, -0.15) is 0 Å². The molecular weight excluding hydrogens is 220 g/mol. The lowest BCUT2D eigenvalue weighted by atomic mass is 10.3. The van der Waals surface area contributed by atoms with E-state index in [2.05, 4.69) is 10.6 Å². The van der Waals surface area contributed by atoms with Gasteiger partial charge in [0, 0.05) is 7.05 Å². The number of ether oxygens (including phenoxy) is 1. The second-order valence-electron chi connectivity index (χ2n) is 3.38. The highest BCUT2D eigenvalue weighted by Crippen LogP contribution is 1.86. The van der Waals surface area contributed by atoms with Crippen molar-refractivity contribution in [3.63, 3.8) is 0 Å². The fourth-order valence-corrected chi connectivity index (χ4v) is 1.00. The first-order valence-electron chi connectivity index (χ1n) is 5.56. The molecule has 0 aromatic heterocycles. The van der Waals surface area contributed by atoms with Crippen LogP contribution in [0.2, 0.25) is 0 Å². The van der Waals surface area contributed by atoms with E-state index in [4.69, 9.17) is 4.74 Å². The summed E-state index contributed by atoms with van der Waals surface area (Å²) in [5.74, 6) is -0.565. The van der Waals surface area contributed by atoms with Crippen LogP contribution in [-0.4, -0.2) is 31.5 Å². The molecule has 17 heavy (non-hydrogen) atoms. The summed E-state index contributed by atoms with van der Waals surface area (Å²) < 4.78 is 4.98. The molecule has 0 aromatic carbocycles. The molecule has 2 amide bonds. The number of hydrogen-bond acceptors (Lipinski definition) is 3. The highest BCUT2D eigenvalue weighted by atomic mass is 16.5. The summed E-state index contributed by atoms with van der Waals surface area (Å²) in [6, 6.07) is -0.555. The maximum atomic E-state index is 11.3. The molecule has 0 aliphatic heterocycles. The van der Waals surface area contributed by atoms with Gasteiger partial charge in [0.2, 0.25) is 5.91 Å². The molecule has 0 heterocycles. The van der Waals surface area contributed by atoms with Crippen LogP contribution in [0.15, 0.2) is 24.5 Å². The van der Waals surface area contributed by atoms with Crippen LogP contribution in [0.5, 0.6) is 0 Å². The van der Waals surface area contributed by atoms with Crippen molar-refractivity contribution in [2.24, 2.45) is 0 Å². The third-order valence-corrected chi connectivity index (χ3v) is 1.89. The molecule has 0 bridgehead atoms. The van der Waals surface area contributed by atoms with E-state index < -0.39 is 6.04 Å². The molecule has 5 heteroatoms. The van der Waals surface area contributed by atoms with Gasteiger partial charge in [-0.25, -0.2) is 0 Å². The average Bonchev–Trinajstić information content (AvgIpc) is 2.32. The number of likely N-dealkylation sites (N-methyl/N-ethyl adjacent to an activating group) is 1. The van der Waals surface area contributed by atoms with Crippen LogP contribution in [0.25, 0.3) is 0 Å². The number of nitrogens with one attached hydrogen (secondary N) is 2. The van der Waals surface area contributed by atoms with Crippen molar-refractivity contribution in [2.45, 2.75) is 26.3 Å². The lowest BCUT2D eigenvalue weighted by Gasteiger charge is -2.11. The van der Waals surface area contributed by atoms with Crippen LogP contribution in [0.1, 0.15) is 20.3 Å².